The van der Waals surface area contributed by atoms with Crippen LogP contribution in [0.25, 0.3) is 0 Å². The number of hydrogen-bond acceptors (Lipinski definition) is 2. The molecule has 0 aliphatic carbocycles. The molecule has 3 rings (SSSR count). The predicted octanol–water partition coefficient (Wildman–Crippen LogP) is 3.03. The van der Waals surface area contributed by atoms with Crippen LogP contribution in [-0.4, -0.2) is 13.1 Å². The standard InChI is InChI=1S/C14H15NS/c1-2-5-12-11(4-1)7-8-15-10-13(12)14-6-3-9-16-14/h1-6,9,13,15H,7-8,10H2. The maximum absolute atomic E-state index is 3.54. The fraction of sp³-hybridized carbons (Fsp3) is 0.286. The van der Waals surface area contributed by atoms with E-state index in [4.69, 9.17) is 0 Å². The fourth-order valence-corrected chi connectivity index (χ4v) is 3.27. The summed E-state index contributed by atoms with van der Waals surface area (Å²) in [4.78, 5) is 1.47. The number of hydrogen-bond donors (Lipinski definition) is 1. The van der Waals surface area contributed by atoms with Crippen molar-refractivity contribution in [3.05, 3.63) is 57.8 Å². The Kier molecular flexibility index (Phi) is 2.77. The highest BCUT2D eigenvalue weighted by atomic mass is 32.1. The van der Waals surface area contributed by atoms with Gasteiger partial charge >= 0.3 is 0 Å². The molecule has 1 N–H and O–H groups in total. The second-order valence-corrected chi connectivity index (χ2v) is 5.20. The Balaban J connectivity index is 2.06. The van der Waals surface area contributed by atoms with E-state index in [1.165, 1.54) is 16.0 Å². The number of benzene rings is 1. The van der Waals surface area contributed by atoms with Gasteiger partial charge in [0.1, 0.15) is 0 Å². The molecule has 2 heteroatoms. The Morgan fingerprint density at radius 3 is 2.94 bits per heavy atom. The molecule has 0 spiro atoms. The van der Waals surface area contributed by atoms with Crippen LogP contribution < -0.4 is 5.32 Å². The third kappa shape index (κ3) is 1.79. The van der Waals surface area contributed by atoms with E-state index >= 15 is 0 Å². The van der Waals surface area contributed by atoms with Gasteiger partial charge in [0.2, 0.25) is 0 Å². The van der Waals surface area contributed by atoms with Crippen molar-refractivity contribution in [3.63, 3.8) is 0 Å². The SMILES string of the molecule is c1csc(C2CNCCc3ccccc32)c1. The van der Waals surface area contributed by atoms with E-state index in [0.29, 0.717) is 5.92 Å². The summed E-state index contributed by atoms with van der Waals surface area (Å²) in [5, 5.41) is 5.71. The molecule has 1 aromatic heterocycles. The van der Waals surface area contributed by atoms with Gasteiger partial charge in [0.25, 0.3) is 0 Å². The van der Waals surface area contributed by atoms with Gasteiger partial charge in [-0.15, -0.1) is 11.3 Å². The van der Waals surface area contributed by atoms with Crippen molar-refractivity contribution in [1.29, 1.82) is 0 Å². The topological polar surface area (TPSA) is 12.0 Å². The van der Waals surface area contributed by atoms with Crippen molar-refractivity contribution in [2.45, 2.75) is 12.3 Å². The Labute approximate surface area is 100 Å². The first-order valence-electron chi connectivity index (χ1n) is 5.77. The van der Waals surface area contributed by atoms with Crippen LogP contribution in [-0.2, 0) is 6.42 Å². The van der Waals surface area contributed by atoms with Gasteiger partial charge in [-0.25, -0.2) is 0 Å². The van der Waals surface area contributed by atoms with Crippen molar-refractivity contribution < 1.29 is 0 Å². The van der Waals surface area contributed by atoms with Crippen molar-refractivity contribution in [2.75, 3.05) is 13.1 Å². The van der Waals surface area contributed by atoms with E-state index in [2.05, 4.69) is 47.1 Å². The van der Waals surface area contributed by atoms with Crippen LogP contribution in [0.4, 0.5) is 0 Å². The minimum atomic E-state index is 0.540. The molecule has 0 radical (unpaired) electrons. The van der Waals surface area contributed by atoms with E-state index < -0.39 is 0 Å². The summed E-state index contributed by atoms with van der Waals surface area (Å²) in [7, 11) is 0. The fourth-order valence-electron chi connectivity index (χ4n) is 2.42. The Bertz CT molecular complexity index is 461. The molecule has 2 heterocycles. The van der Waals surface area contributed by atoms with Crippen molar-refractivity contribution in [3.8, 4) is 0 Å². The van der Waals surface area contributed by atoms with E-state index in [9.17, 15) is 0 Å². The van der Waals surface area contributed by atoms with Crippen molar-refractivity contribution in [2.24, 2.45) is 0 Å². The molecule has 1 aliphatic rings. The summed E-state index contributed by atoms with van der Waals surface area (Å²) >= 11 is 1.86. The summed E-state index contributed by atoms with van der Waals surface area (Å²) < 4.78 is 0. The number of fused-ring (bicyclic) bond motifs is 1. The van der Waals surface area contributed by atoms with Crippen LogP contribution in [0.2, 0.25) is 0 Å². The van der Waals surface area contributed by atoms with Crippen molar-refractivity contribution in [1.82, 2.24) is 5.32 Å². The summed E-state index contributed by atoms with van der Waals surface area (Å²) in [6.45, 7) is 2.16. The highest BCUT2D eigenvalue weighted by Gasteiger charge is 2.20. The lowest BCUT2D eigenvalue weighted by atomic mass is 9.93. The van der Waals surface area contributed by atoms with E-state index in [1.807, 2.05) is 11.3 Å². The highest BCUT2D eigenvalue weighted by Crippen LogP contribution is 2.31. The van der Waals surface area contributed by atoms with Gasteiger partial charge in [-0.1, -0.05) is 30.3 Å². The van der Waals surface area contributed by atoms with E-state index in [-0.39, 0.29) is 0 Å². The normalized spacial score (nSPS) is 20.1. The monoisotopic (exact) mass is 229 g/mol. The molecule has 1 aromatic carbocycles. The molecule has 0 bridgehead atoms. The molecule has 82 valence electrons. The Hall–Kier alpha value is -1.12. The van der Waals surface area contributed by atoms with Crippen LogP contribution in [0.3, 0.4) is 0 Å². The number of thiophene rings is 1. The lowest BCUT2D eigenvalue weighted by molar-refractivity contribution is 0.670. The third-order valence-electron chi connectivity index (χ3n) is 3.24. The lowest BCUT2D eigenvalue weighted by Crippen LogP contribution is -2.20. The van der Waals surface area contributed by atoms with Crippen LogP contribution in [0.15, 0.2) is 41.8 Å². The van der Waals surface area contributed by atoms with Gasteiger partial charge in [0.05, 0.1) is 0 Å². The predicted molar refractivity (Wildman–Crippen MR) is 69.2 cm³/mol. The van der Waals surface area contributed by atoms with Crippen molar-refractivity contribution >= 4 is 11.3 Å². The molecule has 2 aromatic rings. The Morgan fingerprint density at radius 2 is 2.06 bits per heavy atom. The van der Waals surface area contributed by atoms with Gasteiger partial charge in [0.15, 0.2) is 0 Å². The van der Waals surface area contributed by atoms with E-state index in [1.54, 1.807) is 0 Å². The third-order valence-corrected chi connectivity index (χ3v) is 4.22. The van der Waals surface area contributed by atoms with Crippen LogP contribution >= 0.6 is 11.3 Å². The Morgan fingerprint density at radius 1 is 1.12 bits per heavy atom. The van der Waals surface area contributed by atoms with Gasteiger partial charge in [-0.2, -0.15) is 0 Å². The first kappa shape index (κ1) is 10.1. The first-order chi connectivity index (χ1) is 7.95. The summed E-state index contributed by atoms with van der Waals surface area (Å²) in [5.74, 6) is 0.540. The smallest absolute Gasteiger partial charge is 0.0311 e. The molecule has 16 heavy (non-hydrogen) atoms. The van der Waals surface area contributed by atoms with Crippen LogP contribution in [0.5, 0.6) is 0 Å². The van der Waals surface area contributed by atoms with E-state index in [0.717, 1.165) is 19.5 Å². The van der Waals surface area contributed by atoms with Gasteiger partial charge in [0, 0.05) is 17.3 Å². The minimum Gasteiger partial charge on any atom is -0.315 e. The molecule has 1 unspecified atom stereocenters. The second-order valence-electron chi connectivity index (χ2n) is 4.22. The van der Waals surface area contributed by atoms with Crippen LogP contribution in [0, 0.1) is 0 Å². The average molecular weight is 229 g/mol. The number of rotatable bonds is 1. The molecule has 0 saturated carbocycles. The largest absolute Gasteiger partial charge is 0.315 e. The molecule has 0 fully saturated rings. The van der Waals surface area contributed by atoms with Gasteiger partial charge in [-0.05, 0) is 35.5 Å². The highest BCUT2D eigenvalue weighted by molar-refractivity contribution is 7.10. The molecule has 0 amide bonds. The molecule has 1 nitrogen and oxygen atoms in total. The zero-order valence-corrected chi connectivity index (χ0v) is 9.96. The summed E-state index contributed by atoms with van der Waals surface area (Å²) in [6, 6.07) is 13.3. The number of nitrogens with one attached hydrogen (secondary N) is 1. The molecule has 1 aliphatic heterocycles. The van der Waals surface area contributed by atoms with Gasteiger partial charge in [-0.3, -0.25) is 0 Å². The van der Waals surface area contributed by atoms with Gasteiger partial charge < -0.3 is 5.32 Å². The zero-order valence-electron chi connectivity index (χ0n) is 9.15. The molecule has 1 atom stereocenters. The zero-order chi connectivity index (χ0) is 10.8. The minimum absolute atomic E-state index is 0.540. The molecular formula is C14H15NS. The maximum Gasteiger partial charge on any atom is 0.0311 e. The second kappa shape index (κ2) is 4.40. The maximum atomic E-state index is 3.54. The average Bonchev–Trinajstić information content (AvgIpc) is 2.76. The molecular weight excluding hydrogens is 214 g/mol. The first-order valence-corrected chi connectivity index (χ1v) is 6.65. The summed E-state index contributed by atoms with van der Waals surface area (Å²) in [6.07, 6.45) is 1.15. The summed E-state index contributed by atoms with van der Waals surface area (Å²) in [5.41, 5.74) is 3.01. The van der Waals surface area contributed by atoms with Crippen LogP contribution in [0.1, 0.15) is 21.9 Å². The lowest BCUT2D eigenvalue weighted by Gasteiger charge is -2.15. The molecule has 0 saturated heterocycles. The quantitative estimate of drug-likeness (QED) is 0.792.